The van der Waals surface area contributed by atoms with E-state index in [-0.39, 0.29) is 24.4 Å². The maximum absolute atomic E-state index is 13.5. The van der Waals surface area contributed by atoms with Crippen LogP contribution in [-0.2, 0) is 22.7 Å². The summed E-state index contributed by atoms with van der Waals surface area (Å²) in [5, 5.41) is 2.67. The van der Waals surface area contributed by atoms with Gasteiger partial charge in [0.25, 0.3) is 5.91 Å². The molecule has 3 heterocycles. The third-order valence-corrected chi connectivity index (χ3v) is 6.75. The van der Waals surface area contributed by atoms with Gasteiger partial charge in [-0.25, -0.2) is 9.78 Å². The Morgan fingerprint density at radius 3 is 2.41 bits per heavy atom. The molecular weight excluding hydrogens is 388 g/mol. The Labute approximate surface area is 173 Å². The summed E-state index contributed by atoms with van der Waals surface area (Å²) < 4.78 is 0. The fourth-order valence-corrected chi connectivity index (χ4v) is 4.95. The smallest absolute Gasteiger partial charge is 0.328 e. The predicted octanol–water partition coefficient (Wildman–Crippen LogP) is 2.80. The van der Waals surface area contributed by atoms with E-state index in [1.54, 1.807) is 16.7 Å². The molecule has 0 unspecified atom stereocenters. The molecule has 0 saturated carbocycles. The SMILES string of the molecule is CC(=O)N1CCC2(CC1)C(=O)N(Cc1nc(C)cs1)C(=O)N2Cc1ccccc1. The highest BCUT2D eigenvalue weighted by atomic mass is 32.1. The first kappa shape index (κ1) is 19.6. The van der Waals surface area contributed by atoms with Gasteiger partial charge in [0.1, 0.15) is 10.5 Å². The largest absolute Gasteiger partial charge is 0.343 e. The highest BCUT2D eigenvalue weighted by Gasteiger charge is 2.58. The van der Waals surface area contributed by atoms with Gasteiger partial charge in [-0.2, -0.15) is 0 Å². The van der Waals surface area contributed by atoms with Gasteiger partial charge in [0.2, 0.25) is 5.91 Å². The van der Waals surface area contributed by atoms with Crippen molar-refractivity contribution >= 4 is 29.2 Å². The van der Waals surface area contributed by atoms with Crippen molar-refractivity contribution in [2.75, 3.05) is 13.1 Å². The molecule has 0 radical (unpaired) electrons. The van der Waals surface area contributed by atoms with Crippen LogP contribution < -0.4 is 0 Å². The number of imide groups is 1. The van der Waals surface area contributed by atoms with Crippen LogP contribution in [0.25, 0.3) is 0 Å². The molecule has 0 atom stereocenters. The summed E-state index contributed by atoms with van der Waals surface area (Å²) in [5.41, 5.74) is 0.967. The van der Waals surface area contributed by atoms with Crippen molar-refractivity contribution < 1.29 is 14.4 Å². The number of amides is 4. The van der Waals surface area contributed by atoms with E-state index >= 15 is 0 Å². The Kier molecular flexibility index (Phi) is 5.12. The second kappa shape index (κ2) is 7.59. The van der Waals surface area contributed by atoms with Gasteiger partial charge in [-0.05, 0) is 25.3 Å². The molecule has 2 aliphatic heterocycles. The van der Waals surface area contributed by atoms with E-state index < -0.39 is 5.54 Å². The van der Waals surface area contributed by atoms with E-state index in [1.165, 1.54) is 16.2 Å². The van der Waals surface area contributed by atoms with Crippen LogP contribution in [0.4, 0.5) is 4.79 Å². The van der Waals surface area contributed by atoms with Crippen LogP contribution in [0.15, 0.2) is 35.7 Å². The molecular formula is C21H24N4O3S. The predicted molar refractivity (Wildman–Crippen MR) is 109 cm³/mol. The summed E-state index contributed by atoms with van der Waals surface area (Å²) in [7, 11) is 0. The highest BCUT2D eigenvalue weighted by molar-refractivity contribution is 7.09. The number of rotatable bonds is 4. The molecule has 4 amide bonds. The van der Waals surface area contributed by atoms with Gasteiger partial charge in [0.05, 0.1) is 6.54 Å². The van der Waals surface area contributed by atoms with E-state index in [2.05, 4.69) is 4.98 Å². The highest BCUT2D eigenvalue weighted by Crippen LogP contribution is 2.39. The lowest BCUT2D eigenvalue weighted by molar-refractivity contribution is -0.140. The molecule has 2 aromatic rings. The number of hydrogen-bond acceptors (Lipinski definition) is 5. The molecule has 2 fully saturated rings. The second-order valence-corrected chi connectivity index (χ2v) is 8.61. The first-order chi connectivity index (χ1) is 13.9. The number of aryl methyl sites for hydroxylation is 1. The van der Waals surface area contributed by atoms with Gasteiger partial charge in [0, 0.05) is 37.6 Å². The minimum Gasteiger partial charge on any atom is -0.343 e. The summed E-state index contributed by atoms with van der Waals surface area (Å²) in [6.45, 7) is 4.96. The molecule has 2 aliphatic rings. The van der Waals surface area contributed by atoms with Crippen molar-refractivity contribution in [3.05, 3.63) is 52.0 Å². The quantitative estimate of drug-likeness (QED) is 0.724. The Bertz CT molecular complexity index is 934. The zero-order chi connectivity index (χ0) is 20.6. The normalized spacial score (nSPS) is 18.8. The molecule has 152 valence electrons. The molecule has 1 aromatic carbocycles. The number of benzene rings is 1. The maximum atomic E-state index is 13.5. The van der Waals surface area contributed by atoms with Gasteiger partial charge in [-0.15, -0.1) is 11.3 Å². The molecule has 0 aliphatic carbocycles. The van der Waals surface area contributed by atoms with Gasteiger partial charge >= 0.3 is 6.03 Å². The van der Waals surface area contributed by atoms with Gasteiger partial charge in [-0.3, -0.25) is 14.5 Å². The molecule has 1 aromatic heterocycles. The van der Waals surface area contributed by atoms with Gasteiger partial charge in [0.15, 0.2) is 0 Å². The molecule has 2 saturated heterocycles. The molecule has 0 bridgehead atoms. The lowest BCUT2D eigenvalue weighted by atomic mass is 9.85. The lowest BCUT2D eigenvalue weighted by Crippen LogP contribution is -2.56. The number of carbonyl (C=O) groups excluding carboxylic acids is 3. The minimum absolute atomic E-state index is 0.00125. The van der Waals surface area contributed by atoms with Crippen LogP contribution in [-0.4, -0.2) is 56.2 Å². The number of thiazole rings is 1. The van der Waals surface area contributed by atoms with Gasteiger partial charge in [-0.1, -0.05) is 30.3 Å². The Hall–Kier alpha value is -2.74. The number of likely N-dealkylation sites (tertiary alicyclic amines) is 1. The first-order valence-electron chi connectivity index (χ1n) is 9.75. The molecule has 7 nitrogen and oxygen atoms in total. The fraction of sp³-hybridized carbons (Fsp3) is 0.429. The Morgan fingerprint density at radius 1 is 1.14 bits per heavy atom. The molecule has 8 heteroatoms. The van der Waals surface area contributed by atoms with Crippen molar-refractivity contribution in [3.63, 3.8) is 0 Å². The van der Waals surface area contributed by atoms with Crippen molar-refractivity contribution in [3.8, 4) is 0 Å². The summed E-state index contributed by atoms with van der Waals surface area (Å²) >= 11 is 1.46. The zero-order valence-corrected chi connectivity index (χ0v) is 17.4. The molecule has 0 N–H and O–H groups in total. The summed E-state index contributed by atoms with van der Waals surface area (Å²) in [4.78, 5) is 47.9. The molecule has 1 spiro atoms. The first-order valence-corrected chi connectivity index (χ1v) is 10.6. The Morgan fingerprint density at radius 2 is 1.83 bits per heavy atom. The van der Waals surface area contributed by atoms with Crippen LogP contribution in [0.3, 0.4) is 0 Å². The average molecular weight is 413 g/mol. The van der Waals surface area contributed by atoms with Crippen LogP contribution in [0.2, 0.25) is 0 Å². The van der Waals surface area contributed by atoms with Crippen molar-refractivity contribution in [1.29, 1.82) is 0 Å². The van der Waals surface area contributed by atoms with Crippen LogP contribution >= 0.6 is 11.3 Å². The average Bonchev–Trinajstić information content (AvgIpc) is 3.21. The number of nitrogens with zero attached hydrogens (tertiary/aromatic N) is 4. The topological polar surface area (TPSA) is 73.8 Å². The zero-order valence-electron chi connectivity index (χ0n) is 16.6. The minimum atomic E-state index is -0.898. The second-order valence-electron chi connectivity index (χ2n) is 7.67. The van der Waals surface area contributed by atoms with Crippen molar-refractivity contribution in [2.45, 2.75) is 45.3 Å². The molecule has 4 rings (SSSR count). The summed E-state index contributed by atoms with van der Waals surface area (Å²) in [6.07, 6.45) is 0.911. The third-order valence-electron chi connectivity index (χ3n) is 5.80. The number of piperidine rings is 1. The number of hydrogen-bond donors (Lipinski definition) is 0. The monoisotopic (exact) mass is 412 g/mol. The fourth-order valence-electron chi connectivity index (χ4n) is 4.19. The lowest BCUT2D eigenvalue weighted by Gasteiger charge is -2.42. The van der Waals surface area contributed by atoms with Crippen LogP contribution in [0.5, 0.6) is 0 Å². The number of aromatic nitrogens is 1. The Balaban J connectivity index is 1.64. The maximum Gasteiger partial charge on any atom is 0.328 e. The summed E-state index contributed by atoms with van der Waals surface area (Å²) in [6, 6.07) is 9.44. The van der Waals surface area contributed by atoms with Crippen molar-refractivity contribution in [1.82, 2.24) is 19.7 Å². The van der Waals surface area contributed by atoms with E-state index in [0.29, 0.717) is 32.5 Å². The van der Waals surface area contributed by atoms with Crippen LogP contribution in [0.1, 0.15) is 36.0 Å². The van der Waals surface area contributed by atoms with E-state index in [9.17, 15) is 14.4 Å². The van der Waals surface area contributed by atoms with Crippen molar-refractivity contribution in [2.24, 2.45) is 0 Å². The van der Waals surface area contributed by atoms with Gasteiger partial charge < -0.3 is 9.80 Å². The summed E-state index contributed by atoms with van der Waals surface area (Å²) in [5.74, 6) is -0.171. The van der Waals surface area contributed by atoms with Crippen LogP contribution in [0, 0.1) is 6.92 Å². The third kappa shape index (κ3) is 3.53. The van der Waals surface area contributed by atoms with E-state index in [4.69, 9.17) is 0 Å². The molecule has 29 heavy (non-hydrogen) atoms. The standard InChI is InChI=1S/C21H24N4O3S/c1-15-14-29-18(22-15)13-24-19(27)21(8-10-23(11-9-21)16(2)26)25(20(24)28)12-17-6-4-3-5-7-17/h3-7,14H,8-13H2,1-2H3. The van der Waals surface area contributed by atoms with E-state index in [1.807, 2.05) is 42.6 Å². The number of carbonyl (C=O) groups is 3. The number of urea groups is 1. The van der Waals surface area contributed by atoms with E-state index in [0.717, 1.165) is 16.3 Å².